The molecule has 0 radical (unpaired) electrons. The van der Waals surface area contributed by atoms with Crippen molar-refractivity contribution >= 4 is 38.3 Å². The van der Waals surface area contributed by atoms with Gasteiger partial charge >= 0.3 is 0 Å². The van der Waals surface area contributed by atoms with Crippen LogP contribution in [0.3, 0.4) is 0 Å². The first-order valence-corrected chi connectivity index (χ1v) is 7.71. The normalized spacial score (nSPS) is 12.6. The lowest BCUT2D eigenvalue weighted by Gasteiger charge is -2.13. The van der Waals surface area contributed by atoms with Crippen molar-refractivity contribution in [3.05, 3.63) is 58.6 Å². The van der Waals surface area contributed by atoms with Crippen molar-refractivity contribution in [3.63, 3.8) is 0 Å². The van der Waals surface area contributed by atoms with Gasteiger partial charge in [0.1, 0.15) is 0 Å². The standard InChI is InChI=1S/C16H15ClN2S/c1-10-5-3-8-14-15(10)19-16(20-14)18-11(2)12-6-4-7-13(17)9-12/h3-9,11H,1-2H3,(H,18,19). The zero-order valence-corrected chi connectivity index (χ0v) is 12.9. The molecule has 4 heteroatoms. The van der Waals surface area contributed by atoms with Gasteiger partial charge in [0.05, 0.1) is 16.3 Å². The summed E-state index contributed by atoms with van der Waals surface area (Å²) in [6, 6.07) is 14.4. The highest BCUT2D eigenvalue weighted by molar-refractivity contribution is 7.22. The zero-order chi connectivity index (χ0) is 14.1. The number of nitrogens with zero attached hydrogens (tertiary/aromatic N) is 1. The van der Waals surface area contributed by atoms with Crippen molar-refractivity contribution in [1.29, 1.82) is 0 Å². The van der Waals surface area contributed by atoms with E-state index in [-0.39, 0.29) is 6.04 Å². The molecular weight excluding hydrogens is 288 g/mol. The summed E-state index contributed by atoms with van der Waals surface area (Å²) in [5.74, 6) is 0. The van der Waals surface area contributed by atoms with E-state index in [0.29, 0.717) is 0 Å². The number of thiazole rings is 1. The third-order valence-corrected chi connectivity index (χ3v) is 4.50. The van der Waals surface area contributed by atoms with E-state index in [1.165, 1.54) is 10.3 Å². The number of fused-ring (bicyclic) bond motifs is 1. The summed E-state index contributed by atoms with van der Waals surface area (Å²) in [5.41, 5.74) is 3.45. The lowest BCUT2D eigenvalue weighted by molar-refractivity contribution is 0.882. The monoisotopic (exact) mass is 302 g/mol. The zero-order valence-electron chi connectivity index (χ0n) is 11.4. The van der Waals surface area contributed by atoms with Gasteiger partial charge in [-0.05, 0) is 43.2 Å². The molecule has 0 saturated carbocycles. The molecule has 1 atom stereocenters. The molecule has 0 aliphatic carbocycles. The maximum absolute atomic E-state index is 6.04. The Kier molecular flexibility index (Phi) is 3.64. The largest absolute Gasteiger partial charge is 0.355 e. The van der Waals surface area contributed by atoms with Crippen molar-refractivity contribution in [2.45, 2.75) is 19.9 Å². The quantitative estimate of drug-likeness (QED) is 0.697. The fourth-order valence-corrected chi connectivity index (χ4v) is 3.42. The SMILES string of the molecule is Cc1cccc2sc(NC(C)c3cccc(Cl)c3)nc12. The van der Waals surface area contributed by atoms with E-state index in [1.807, 2.05) is 18.2 Å². The highest BCUT2D eigenvalue weighted by Crippen LogP contribution is 2.30. The molecule has 0 aliphatic heterocycles. The minimum atomic E-state index is 0.176. The van der Waals surface area contributed by atoms with E-state index in [4.69, 9.17) is 11.6 Å². The molecule has 0 saturated heterocycles. The number of aromatic nitrogens is 1. The minimum Gasteiger partial charge on any atom is -0.355 e. The van der Waals surface area contributed by atoms with Crippen LogP contribution in [-0.4, -0.2) is 4.98 Å². The van der Waals surface area contributed by atoms with Crippen LogP contribution in [0.4, 0.5) is 5.13 Å². The Morgan fingerprint density at radius 2 is 2.00 bits per heavy atom. The highest BCUT2D eigenvalue weighted by Gasteiger charge is 2.10. The summed E-state index contributed by atoms with van der Waals surface area (Å²) in [6.07, 6.45) is 0. The summed E-state index contributed by atoms with van der Waals surface area (Å²) in [7, 11) is 0. The summed E-state index contributed by atoms with van der Waals surface area (Å²) < 4.78 is 1.21. The van der Waals surface area contributed by atoms with Crippen LogP contribution in [0.25, 0.3) is 10.2 Å². The second-order valence-electron chi connectivity index (χ2n) is 4.86. The Hall–Kier alpha value is -1.58. The van der Waals surface area contributed by atoms with Gasteiger partial charge in [-0.25, -0.2) is 4.98 Å². The second kappa shape index (κ2) is 5.43. The number of benzene rings is 2. The van der Waals surface area contributed by atoms with Crippen LogP contribution >= 0.6 is 22.9 Å². The number of halogens is 1. The molecule has 1 heterocycles. The maximum Gasteiger partial charge on any atom is 0.184 e. The molecule has 1 aromatic heterocycles. The first kappa shape index (κ1) is 13.4. The fraction of sp³-hybridized carbons (Fsp3) is 0.188. The molecule has 0 fully saturated rings. The molecule has 0 spiro atoms. The third-order valence-electron chi connectivity index (χ3n) is 3.31. The predicted molar refractivity (Wildman–Crippen MR) is 87.8 cm³/mol. The Morgan fingerprint density at radius 3 is 2.75 bits per heavy atom. The average Bonchev–Trinajstić information content (AvgIpc) is 2.83. The maximum atomic E-state index is 6.04. The van der Waals surface area contributed by atoms with Crippen LogP contribution in [0, 0.1) is 6.92 Å². The van der Waals surface area contributed by atoms with E-state index in [2.05, 4.69) is 48.4 Å². The van der Waals surface area contributed by atoms with Gasteiger partial charge in [-0.15, -0.1) is 0 Å². The Bertz CT molecular complexity index is 751. The summed E-state index contributed by atoms with van der Waals surface area (Å²) >= 11 is 7.72. The Morgan fingerprint density at radius 1 is 1.20 bits per heavy atom. The number of anilines is 1. The van der Waals surface area contributed by atoms with Gasteiger partial charge < -0.3 is 5.32 Å². The van der Waals surface area contributed by atoms with Gasteiger partial charge in [-0.2, -0.15) is 0 Å². The van der Waals surface area contributed by atoms with E-state index in [0.717, 1.165) is 21.2 Å². The van der Waals surface area contributed by atoms with Crippen LogP contribution in [0.2, 0.25) is 5.02 Å². The number of para-hydroxylation sites is 1. The van der Waals surface area contributed by atoms with Crippen molar-refractivity contribution in [2.75, 3.05) is 5.32 Å². The van der Waals surface area contributed by atoms with Crippen LogP contribution in [0.15, 0.2) is 42.5 Å². The van der Waals surface area contributed by atoms with Crippen LogP contribution < -0.4 is 5.32 Å². The highest BCUT2D eigenvalue weighted by atomic mass is 35.5. The molecule has 102 valence electrons. The number of nitrogens with one attached hydrogen (secondary N) is 1. The first-order valence-electron chi connectivity index (χ1n) is 6.51. The van der Waals surface area contributed by atoms with Crippen molar-refractivity contribution in [1.82, 2.24) is 4.98 Å². The van der Waals surface area contributed by atoms with Gasteiger partial charge in [0.2, 0.25) is 0 Å². The molecule has 0 amide bonds. The smallest absolute Gasteiger partial charge is 0.184 e. The number of hydrogen-bond acceptors (Lipinski definition) is 3. The number of rotatable bonds is 3. The molecule has 1 unspecified atom stereocenters. The van der Waals surface area contributed by atoms with E-state index < -0.39 is 0 Å². The molecule has 0 bridgehead atoms. The summed E-state index contributed by atoms with van der Waals surface area (Å²) in [5, 5.41) is 5.16. The van der Waals surface area contributed by atoms with Crippen LogP contribution in [0.5, 0.6) is 0 Å². The van der Waals surface area contributed by atoms with E-state index >= 15 is 0 Å². The van der Waals surface area contributed by atoms with E-state index in [1.54, 1.807) is 11.3 Å². The molecule has 3 aromatic rings. The fourth-order valence-electron chi connectivity index (χ4n) is 2.19. The molecule has 3 rings (SSSR count). The predicted octanol–water partition coefficient (Wildman–Crippen LogP) is 5.43. The number of aryl methyl sites for hydroxylation is 1. The second-order valence-corrected chi connectivity index (χ2v) is 6.33. The van der Waals surface area contributed by atoms with Gasteiger partial charge in [0.25, 0.3) is 0 Å². The Labute approximate surface area is 127 Å². The minimum absolute atomic E-state index is 0.176. The molecule has 2 nitrogen and oxygen atoms in total. The summed E-state index contributed by atoms with van der Waals surface area (Å²) in [6.45, 7) is 4.21. The third kappa shape index (κ3) is 2.65. The van der Waals surface area contributed by atoms with Crippen LogP contribution in [-0.2, 0) is 0 Å². The van der Waals surface area contributed by atoms with Crippen LogP contribution in [0.1, 0.15) is 24.1 Å². The molecule has 2 aromatic carbocycles. The lowest BCUT2D eigenvalue weighted by atomic mass is 10.1. The first-order chi connectivity index (χ1) is 9.63. The Balaban J connectivity index is 1.87. The molecule has 1 N–H and O–H groups in total. The molecule has 20 heavy (non-hydrogen) atoms. The number of hydrogen-bond donors (Lipinski definition) is 1. The van der Waals surface area contributed by atoms with Gasteiger partial charge in [-0.1, -0.05) is 47.2 Å². The van der Waals surface area contributed by atoms with Crippen molar-refractivity contribution < 1.29 is 0 Å². The summed E-state index contributed by atoms with van der Waals surface area (Å²) in [4.78, 5) is 4.67. The average molecular weight is 303 g/mol. The van der Waals surface area contributed by atoms with Gasteiger partial charge in [-0.3, -0.25) is 0 Å². The van der Waals surface area contributed by atoms with Gasteiger partial charge in [0, 0.05) is 5.02 Å². The van der Waals surface area contributed by atoms with Gasteiger partial charge in [0.15, 0.2) is 5.13 Å². The molecular formula is C16H15ClN2S. The van der Waals surface area contributed by atoms with Crippen molar-refractivity contribution in [2.24, 2.45) is 0 Å². The van der Waals surface area contributed by atoms with E-state index in [9.17, 15) is 0 Å². The molecule has 0 aliphatic rings. The lowest BCUT2D eigenvalue weighted by Crippen LogP contribution is -2.06. The topological polar surface area (TPSA) is 24.9 Å². The van der Waals surface area contributed by atoms with Crippen molar-refractivity contribution in [3.8, 4) is 0 Å².